The minimum absolute atomic E-state index is 0.449. The Hall–Kier alpha value is -3.69. The van der Waals surface area contributed by atoms with Gasteiger partial charge in [-0.2, -0.15) is 5.10 Å². The van der Waals surface area contributed by atoms with Gasteiger partial charge in [0, 0.05) is 38.4 Å². The minimum Gasteiger partial charge on any atom is -0.465 e. The van der Waals surface area contributed by atoms with E-state index in [1.165, 1.54) is 11.2 Å². The Labute approximate surface area is 180 Å². The number of amides is 1. The molecule has 0 bridgehead atoms. The van der Waals surface area contributed by atoms with Crippen molar-refractivity contribution in [2.24, 2.45) is 5.92 Å². The SMILES string of the molecule is CN(CC1CCN(C(=O)O)CC1)c1cc(Nc2ccc(Cn3cncn3)cc2)ncn1. The highest BCUT2D eigenvalue weighted by Gasteiger charge is 2.23. The predicted octanol–water partition coefficient (Wildman–Crippen LogP) is 2.69. The molecule has 10 nitrogen and oxygen atoms in total. The van der Waals surface area contributed by atoms with E-state index in [-0.39, 0.29) is 0 Å². The monoisotopic (exact) mass is 422 g/mol. The van der Waals surface area contributed by atoms with E-state index in [0.29, 0.717) is 25.6 Å². The molecule has 4 rings (SSSR count). The lowest BCUT2D eigenvalue weighted by molar-refractivity contribution is 0.125. The summed E-state index contributed by atoms with van der Waals surface area (Å²) >= 11 is 0. The van der Waals surface area contributed by atoms with Crippen LogP contribution in [0.5, 0.6) is 0 Å². The molecule has 1 aliphatic rings. The van der Waals surface area contributed by atoms with E-state index in [1.54, 1.807) is 17.3 Å². The van der Waals surface area contributed by atoms with Crippen LogP contribution >= 0.6 is 0 Å². The zero-order valence-electron chi connectivity index (χ0n) is 17.4. The lowest BCUT2D eigenvalue weighted by atomic mass is 9.96. The zero-order chi connectivity index (χ0) is 21.6. The van der Waals surface area contributed by atoms with Crippen LogP contribution in [0.4, 0.5) is 22.1 Å². The fraction of sp³-hybridized carbons (Fsp3) is 0.381. The van der Waals surface area contributed by atoms with Crippen LogP contribution in [0.25, 0.3) is 0 Å². The molecule has 1 fully saturated rings. The van der Waals surface area contributed by atoms with Crippen molar-refractivity contribution in [1.29, 1.82) is 0 Å². The van der Waals surface area contributed by atoms with Crippen molar-refractivity contribution in [2.75, 3.05) is 36.9 Å². The summed E-state index contributed by atoms with van der Waals surface area (Å²) in [7, 11) is 2.01. The van der Waals surface area contributed by atoms with Gasteiger partial charge in [0.25, 0.3) is 0 Å². The number of anilines is 3. The van der Waals surface area contributed by atoms with Gasteiger partial charge in [-0.1, -0.05) is 12.1 Å². The highest BCUT2D eigenvalue weighted by Crippen LogP contribution is 2.22. The maximum Gasteiger partial charge on any atom is 0.407 e. The zero-order valence-corrected chi connectivity index (χ0v) is 17.4. The average Bonchev–Trinajstić information content (AvgIpc) is 3.29. The first-order valence-corrected chi connectivity index (χ1v) is 10.3. The Bertz CT molecular complexity index is 985. The summed E-state index contributed by atoms with van der Waals surface area (Å²) in [6.45, 7) is 2.70. The number of piperidine rings is 1. The number of nitrogens with zero attached hydrogens (tertiary/aromatic N) is 7. The first kappa shape index (κ1) is 20.6. The number of benzene rings is 1. The van der Waals surface area contributed by atoms with Gasteiger partial charge in [0.15, 0.2) is 0 Å². The quantitative estimate of drug-likeness (QED) is 0.598. The van der Waals surface area contributed by atoms with Gasteiger partial charge in [0.1, 0.15) is 30.6 Å². The molecule has 3 aromatic rings. The largest absolute Gasteiger partial charge is 0.465 e. The molecule has 0 atom stereocenters. The topological polar surface area (TPSA) is 112 Å². The molecule has 162 valence electrons. The molecule has 0 radical (unpaired) electrons. The van der Waals surface area contributed by atoms with Gasteiger partial charge in [0.05, 0.1) is 6.54 Å². The molecule has 1 amide bonds. The van der Waals surface area contributed by atoms with Crippen LogP contribution in [-0.2, 0) is 6.54 Å². The number of likely N-dealkylation sites (tertiary alicyclic amines) is 1. The first-order valence-electron chi connectivity index (χ1n) is 10.3. The summed E-state index contributed by atoms with van der Waals surface area (Å²) in [5.41, 5.74) is 2.07. The van der Waals surface area contributed by atoms with Crippen molar-refractivity contribution in [3.63, 3.8) is 0 Å². The standard InChI is InChI=1S/C21H26N8O2/c1-27(11-17-6-8-28(9-7-17)21(30)31)20-10-19(23-14-24-20)26-18-4-2-16(3-5-18)12-29-15-22-13-25-29/h2-5,10,13-15,17H,6-9,11-12H2,1H3,(H,30,31)(H,23,24,26). The molecule has 1 aliphatic heterocycles. The van der Waals surface area contributed by atoms with E-state index < -0.39 is 6.09 Å². The van der Waals surface area contributed by atoms with Gasteiger partial charge in [-0.15, -0.1) is 0 Å². The summed E-state index contributed by atoms with van der Waals surface area (Å²) in [6.07, 6.45) is 5.69. The van der Waals surface area contributed by atoms with Gasteiger partial charge in [-0.05, 0) is 36.5 Å². The van der Waals surface area contributed by atoms with Gasteiger partial charge < -0.3 is 20.2 Å². The number of nitrogens with one attached hydrogen (secondary N) is 1. The van der Waals surface area contributed by atoms with Crippen molar-refractivity contribution < 1.29 is 9.90 Å². The molecule has 0 spiro atoms. The molecule has 0 aliphatic carbocycles. The molecule has 0 saturated carbocycles. The summed E-state index contributed by atoms with van der Waals surface area (Å²) in [4.78, 5) is 27.4. The van der Waals surface area contributed by atoms with Crippen LogP contribution in [0.15, 0.2) is 49.3 Å². The Balaban J connectivity index is 1.33. The van der Waals surface area contributed by atoms with Crippen molar-refractivity contribution in [3.05, 3.63) is 54.9 Å². The normalized spacial score (nSPS) is 14.4. The second kappa shape index (κ2) is 9.41. The number of hydrogen-bond acceptors (Lipinski definition) is 7. The Morgan fingerprint density at radius 1 is 1.19 bits per heavy atom. The number of rotatable bonds is 7. The van der Waals surface area contributed by atoms with Crippen molar-refractivity contribution in [1.82, 2.24) is 29.6 Å². The molecule has 2 aromatic heterocycles. The van der Waals surface area contributed by atoms with Gasteiger partial charge in [0.2, 0.25) is 0 Å². The molecule has 1 saturated heterocycles. The highest BCUT2D eigenvalue weighted by molar-refractivity contribution is 5.65. The number of carbonyl (C=O) groups is 1. The van der Waals surface area contributed by atoms with E-state index in [0.717, 1.165) is 42.3 Å². The average molecular weight is 422 g/mol. The third-order valence-electron chi connectivity index (χ3n) is 5.50. The van der Waals surface area contributed by atoms with E-state index in [4.69, 9.17) is 5.11 Å². The van der Waals surface area contributed by atoms with E-state index in [1.807, 2.05) is 37.4 Å². The van der Waals surface area contributed by atoms with E-state index >= 15 is 0 Å². The van der Waals surface area contributed by atoms with Crippen LogP contribution in [0.2, 0.25) is 0 Å². The third-order valence-corrected chi connectivity index (χ3v) is 5.50. The number of aromatic nitrogens is 5. The lowest BCUT2D eigenvalue weighted by Gasteiger charge is -2.32. The second-order valence-electron chi connectivity index (χ2n) is 7.77. The maximum absolute atomic E-state index is 11.1. The van der Waals surface area contributed by atoms with E-state index in [9.17, 15) is 4.79 Å². The van der Waals surface area contributed by atoms with Crippen LogP contribution < -0.4 is 10.2 Å². The van der Waals surface area contributed by atoms with Crippen molar-refractivity contribution in [3.8, 4) is 0 Å². The molecule has 0 unspecified atom stereocenters. The molecular formula is C21H26N8O2. The smallest absolute Gasteiger partial charge is 0.407 e. The minimum atomic E-state index is -0.829. The number of hydrogen-bond donors (Lipinski definition) is 2. The van der Waals surface area contributed by atoms with Crippen LogP contribution in [0, 0.1) is 5.92 Å². The highest BCUT2D eigenvalue weighted by atomic mass is 16.4. The van der Waals surface area contributed by atoms with Gasteiger partial charge >= 0.3 is 6.09 Å². The molecular weight excluding hydrogens is 396 g/mol. The third kappa shape index (κ3) is 5.47. The van der Waals surface area contributed by atoms with Crippen molar-refractivity contribution in [2.45, 2.75) is 19.4 Å². The molecule has 2 N–H and O–H groups in total. The number of carboxylic acid groups (broad SMARTS) is 1. The van der Waals surface area contributed by atoms with Crippen LogP contribution in [0.3, 0.4) is 0 Å². The van der Waals surface area contributed by atoms with E-state index in [2.05, 4.69) is 30.3 Å². The van der Waals surface area contributed by atoms with Crippen molar-refractivity contribution >= 4 is 23.4 Å². The Morgan fingerprint density at radius 2 is 1.97 bits per heavy atom. The predicted molar refractivity (Wildman–Crippen MR) is 116 cm³/mol. The summed E-state index contributed by atoms with van der Waals surface area (Å²) < 4.78 is 1.78. The van der Waals surface area contributed by atoms with Gasteiger partial charge in [-0.3, -0.25) is 0 Å². The summed E-state index contributed by atoms with van der Waals surface area (Å²) in [5.74, 6) is 2.01. The molecule has 31 heavy (non-hydrogen) atoms. The molecule has 1 aromatic carbocycles. The fourth-order valence-electron chi connectivity index (χ4n) is 3.75. The van der Waals surface area contributed by atoms with Crippen LogP contribution in [0.1, 0.15) is 18.4 Å². The van der Waals surface area contributed by atoms with Gasteiger partial charge in [-0.25, -0.2) is 24.4 Å². The summed E-state index contributed by atoms with van der Waals surface area (Å²) in [5, 5.41) is 16.5. The molecule has 10 heteroatoms. The van der Waals surface area contributed by atoms with Crippen LogP contribution in [-0.4, -0.2) is 67.5 Å². The lowest BCUT2D eigenvalue weighted by Crippen LogP contribution is -2.40. The maximum atomic E-state index is 11.1. The Kier molecular flexibility index (Phi) is 6.25. The first-order chi connectivity index (χ1) is 15.1. The summed E-state index contributed by atoms with van der Waals surface area (Å²) in [6, 6.07) is 10.0. The molecule has 3 heterocycles. The second-order valence-corrected chi connectivity index (χ2v) is 7.77. The Morgan fingerprint density at radius 3 is 2.65 bits per heavy atom. The fourth-order valence-corrected chi connectivity index (χ4v) is 3.75.